The van der Waals surface area contributed by atoms with Crippen molar-refractivity contribution in [1.82, 2.24) is 0 Å². The van der Waals surface area contributed by atoms with Gasteiger partial charge in [-0.2, -0.15) is 0 Å². The van der Waals surface area contributed by atoms with Gasteiger partial charge < -0.3 is 4.74 Å². The van der Waals surface area contributed by atoms with Crippen LogP contribution in [-0.4, -0.2) is 12.4 Å². The maximum absolute atomic E-state index is 12.7. The van der Waals surface area contributed by atoms with Crippen LogP contribution < -0.4 is 4.74 Å². The van der Waals surface area contributed by atoms with E-state index in [1.54, 1.807) is 0 Å². The first-order chi connectivity index (χ1) is 9.97. The second-order valence-electron chi connectivity index (χ2n) is 6.59. The molecule has 1 heterocycles. The van der Waals surface area contributed by atoms with Gasteiger partial charge in [0.2, 0.25) is 0 Å². The number of hydrogen-bond donors (Lipinski definition) is 0. The Morgan fingerprint density at radius 2 is 1.71 bits per heavy atom. The minimum Gasteiger partial charge on any atom is -0.492 e. The van der Waals surface area contributed by atoms with Crippen molar-refractivity contribution in [2.45, 2.75) is 32.1 Å². The molecule has 2 heteroatoms. The average Bonchev–Trinajstić information content (AvgIpc) is 2.90. The third-order valence-electron chi connectivity index (χ3n) is 4.05. The Hall–Kier alpha value is -2.09. The van der Waals surface area contributed by atoms with E-state index in [9.17, 15) is 4.79 Å². The summed E-state index contributed by atoms with van der Waals surface area (Å²) in [6, 6.07) is 15.8. The fourth-order valence-corrected chi connectivity index (χ4v) is 2.72. The smallest absolute Gasteiger partial charge is 0.173 e. The molecule has 1 aliphatic heterocycles. The maximum Gasteiger partial charge on any atom is 0.173 e. The number of para-hydroxylation sites is 1. The highest BCUT2D eigenvalue weighted by atomic mass is 16.5. The summed E-state index contributed by atoms with van der Waals surface area (Å²) in [4.78, 5) is 12.7. The summed E-state index contributed by atoms with van der Waals surface area (Å²) in [5.74, 6) is 0.796. The molecule has 0 N–H and O–H groups in total. The molecule has 0 bridgehead atoms. The summed E-state index contributed by atoms with van der Waals surface area (Å²) in [6.07, 6.45) is 0. The number of rotatable bonds is 2. The van der Waals surface area contributed by atoms with E-state index in [-0.39, 0.29) is 17.1 Å². The molecule has 3 rings (SSSR count). The van der Waals surface area contributed by atoms with Crippen LogP contribution in [0.1, 0.15) is 48.2 Å². The summed E-state index contributed by atoms with van der Waals surface area (Å²) in [5, 5.41) is 0. The predicted molar refractivity (Wildman–Crippen MR) is 84.2 cm³/mol. The van der Waals surface area contributed by atoms with Gasteiger partial charge in [0.05, 0.1) is 5.92 Å². The molecule has 0 saturated carbocycles. The summed E-state index contributed by atoms with van der Waals surface area (Å²) in [6.45, 7) is 6.96. The Balaban J connectivity index is 1.87. The van der Waals surface area contributed by atoms with Crippen molar-refractivity contribution in [2.75, 3.05) is 6.61 Å². The molecule has 2 aromatic rings. The number of fused-ring (bicyclic) bond motifs is 1. The summed E-state index contributed by atoms with van der Waals surface area (Å²) < 4.78 is 5.61. The number of carbonyl (C=O) groups is 1. The molecule has 2 nitrogen and oxygen atoms in total. The predicted octanol–water partition coefficient (Wildman–Crippen LogP) is 4.34. The van der Waals surface area contributed by atoms with Crippen LogP contribution in [-0.2, 0) is 5.41 Å². The van der Waals surface area contributed by atoms with E-state index in [2.05, 4.69) is 32.9 Å². The maximum atomic E-state index is 12.7. The minimum atomic E-state index is -0.179. The zero-order valence-electron chi connectivity index (χ0n) is 12.7. The second-order valence-corrected chi connectivity index (χ2v) is 6.59. The van der Waals surface area contributed by atoms with Crippen LogP contribution >= 0.6 is 0 Å². The SMILES string of the molecule is CC(C)(C)c1ccc(C(=O)C2COc3ccccc32)cc1. The quantitative estimate of drug-likeness (QED) is 0.765. The first kappa shape index (κ1) is 13.9. The lowest BCUT2D eigenvalue weighted by molar-refractivity contribution is 0.0947. The Morgan fingerprint density at radius 3 is 2.38 bits per heavy atom. The number of ketones is 1. The minimum absolute atomic E-state index is 0.102. The molecule has 0 fully saturated rings. The lowest BCUT2D eigenvalue weighted by atomic mass is 9.85. The van der Waals surface area contributed by atoms with E-state index >= 15 is 0 Å². The van der Waals surface area contributed by atoms with Gasteiger partial charge in [-0.3, -0.25) is 4.79 Å². The zero-order valence-corrected chi connectivity index (χ0v) is 12.7. The van der Waals surface area contributed by atoms with Gasteiger partial charge in [-0.1, -0.05) is 63.2 Å². The largest absolute Gasteiger partial charge is 0.492 e. The Labute approximate surface area is 125 Å². The van der Waals surface area contributed by atoms with Gasteiger partial charge in [0.1, 0.15) is 12.4 Å². The summed E-state index contributed by atoms with van der Waals surface area (Å²) >= 11 is 0. The molecule has 1 atom stereocenters. The second kappa shape index (κ2) is 5.03. The van der Waals surface area contributed by atoms with E-state index in [0.29, 0.717) is 6.61 Å². The van der Waals surface area contributed by atoms with Crippen molar-refractivity contribution in [3.63, 3.8) is 0 Å². The summed E-state index contributed by atoms with van der Waals surface area (Å²) in [5.41, 5.74) is 3.10. The van der Waals surface area contributed by atoms with Gasteiger partial charge >= 0.3 is 0 Å². The van der Waals surface area contributed by atoms with Crippen molar-refractivity contribution in [3.8, 4) is 5.75 Å². The molecule has 0 radical (unpaired) electrons. The Bertz CT molecular complexity index is 663. The molecule has 0 saturated heterocycles. The molecular formula is C19H20O2. The van der Waals surface area contributed by atoms with Crippen molar-refractivity contribution >= 4 is 5.78 Å². The monoisotopic (exact) mass is 280 g/mol. The third kappa shape index (κ3) is 2.58. The van der Waals surface area contributed by atoms with Gasteiger partial charge in [-0.15, -0.1) is 0 Å². The molecule has 1 unspecified atom stereocenters. The van der Waals surface area contributed by atoms with Gasteiger partial charge in [0, 0.05) is 11.1 Å². The highest BCUT2D eigenvalue weighted by molar-refractivity contribution is 6.01. The van der Waals surface area contributed by atoms with Crippen LogP contribution in [0.2, 0.25) is 0 Å². The molecule has 2 aromatic carbocycles. The normalized spacial score (nSPS) is 17.2. The van der Waals surface area contributed by atoms with Gasteiger partial charge in [-0.05, 0) is 17.0 Å². The highest BCUT2D eigenvalue weighted by Crippen LogP contribution is 2.35. The van der Waals surface area contributed by atoms with E-state index in [1.165, 1.54) is 5.56 Å². The van der Waals surface area contributed by atoms with Crippen LogP contribution in [0.4, 0.5) is 0 Å². The lowest BCUT2D eigenvalue weighted by Crippen LogP contribution is -2.15. The van der Waals surface area contributed by atoms with E-state index in [1.807, 2.05) is 36.4 Å². The molecule has 0 amide bonds. The van der Waals surface area contributed by atoms with Crippen LogP contribution in [0.3, 0.4) is 0 Å². The topological polar surface area (TPSA) is 26.3 Å². The highest BCUT2D eigenvalue weighted by Gasteiger charge is 2.30. The molecule has 0 aromatic heterocycles. The van der Waals surface area contributed by atoms with Gasteiger partial charge in [-0.25, -0.2) is 0 Å². The Morgan fingerprint density at radius 1 is 1.05 bits per heavy atom. The van der Waals surface area contributed by atoms with Crippen molar-refractivity contribution in [2.24, 2.45) is 0 Å². The molecule has 0 aliphatic carbocycles. The Kier molecular flexibility index (Phi) is 3.32. The fraction of sp³-hybridized carbons (Fsp3) is 0.316. The lowest BCUT2D eigenvalue weighted by Gasteiger charge is -2.19. The number of benzene rings is 2. The third-order valence-corrected chi connectivity index (χ3v) is 4.05. The molecule has 108 valence electrons. The van der Waals surface area contributed by atoms with Crippen LogP contribution in [0.5, 0.6) is 5.75 Å². The number of carbonyl (C=O) groups excluding carboxylic acids is 1. The number of Topliss-reactive ketones (excluding diaryl/α,β-unsaturated/α-hetero) is 1. The van der Waals surface area contributed by atoms with Crippen LogP contribution in [0, 0.1) is 0 Å². The van der Waals surface area contributed by atoms with E-state index in [4.69, 9.17) is 4.74 Å². The van der Waals surface area contributed by atoms with Crippen LogP contribution in [0.15, 0.2) is 48.5 Å². The van der Waals surface area contributed by atoms with E-state index < -0.39 is 0 Å². The summed E-state index contributed by atoms with van der Waals surface area (Å²) in [7, 11) is 0. The number of ether oxygens (including phenoxy) is 1. The zero-order chi connectivity index (χ0) is 15.0. The standard InChI is InChI=1S/C19H20O2/c1-19(2,3)14-10-8-13(9-11-14)18(20)16-12-21-17-7-5-4-6-15(16)17/h4-11,16H,12H2,1-3H3. The number of hydrogen-bond acceptors (Lipinski definition) is 2. The van der Waals surface area contributed by atoms with Crippen molar-refractivity contribution in [1.29, 1.82) is 0 Å². The van der Waals surface area contributed by atoms with Crippen molar-refractivity contribution in [3.05, 3.63) is 65.2 Å². The molecule has 0 spiro atoms. The van der Waals surface area contributed by atoms with Gasteiger partial charge in [0.25, 0.3) is 0 Å². The molecular weight excluding hydrogens is 260 g/mol. The molecule has 21 heavy (non-hydrogen) atoms. The average molecular weight is 280 g/mol. The van der Waals surface area contributed by atoms with E-state index in [0.717, 1.165) is 16.9 Å². The van der Waals surface area contributed by atoms with Gasteiger partial charge in [0.15, 0.2) is 5.78 Å². The van der Waals surface area contributed by atoms with Crippen LogP contribution in [0.25, 0.3) is 0 Å². The van der Waals surface area contributed by atoms with Crippen molar-refractivity contribution < 1.29 is 9.53 Å². The first-order valence-corrected chi connectivity index (χ1v) is 7.33. The molecule has 1 aliphatic rings. The first-order valence-electron chi connectivity index (χ1n) is 7.33. The fourth-order valence-electron chi connectivity index (χ4n) is 2.72.